The molecule has 1 N–H and O–H groups in total. The summed E-state index contributed by atoms with van der Waals surface area (Å²) >= 11 is 0. The molecule has 1 rings (SSSR count). The highest BCUT2D eigenvalue weighted by atomic mass is 16.2. The first-order valence-corrected chi connectivity index (χ1v) is 7.60. The maximum Gasteiger partial charge on any atom is 0.242 e. The Bertz CT molecular complexity index is 485. The number of amides is 2. The first-order valence-electron chi connectivity index (χ1n) is 7.60. The molecule has 0 fully saturated rings. The van der Waals surface area contributed by atoms with Crippen molar-refractivity contribution in [3.05, 3.63) is 35.4 Å². The fourth-order valence-electron chi connectivity index (χ4n) is 2.45. The van der Waals surface area contributed by atoms with Gasteiger partial charge in [0.05, 0.1) is 0 Å². The van der Waals surface area contributed by atoms with Gasteiger partial charge in [0.15, 0.2) is 0 Å². The van der Waals surface area contributed by atoms with Gasteiger partial charge >= 0.3 is 0 Å². The zero-order chi connectivity index (χ0) is 15.8. The Balaban J connectivity index is 3.01. The lowest BCUT2D eigenvalue weighted by Gasteiger charge is -2.30. The van der Waals surface area contributed by atoms with Gasteiger partial charge in [0.1, 0.15) is 6.04 Å². The van der Waals surface area contributed by atoms with Crippen LogP contribution < -0.4 is 5.32 Å². The third-order valence-electron chi connectivity index (χ3n) is 3.53. The van der Waals surface area contributed by atoms with Gasteiger partial charge in [-0.15, -0.1) is 0 Å². The maximum atomic E-state index is 12.4. The van der Waals surface area contributed by atoms with Crippen molar-refractivity contribution in [2.75, 3.05) is 7.05 Å². The Hall–Kier alpha value is -1.84. The second-order valence-electron chi connectivity index (χ2n) is 5.30. The van der Waals surface area contributed by atoms with Crippen LogP contribution in [0.15, 0.2) is 24.3 Å². The fraction of sp³-hybridized carbons (Fsp3) is 0.529. The van der Waals surface area contributed by atoms with Gasteiger partial charge in [0.25, 0.3) is 0 Å². The van der Waals surface area contributed by atoms with E-state index in [0.717, 1.165) is 17.5 Å². The summed E-state index contributed by atoms with van der Waals surface area (Å²) in [5.41, 5.74) is 2.21. The topological polar surface area (TPSA) is 49.4 Å². The molecule has 1 aromatic carbocycles. The van der Waals surface area contributed by atoms with Gasteiger partial charge in [0, 0.05) is 20.0 Å². The van der Waals surface area contributed by atoms with Crippen LogP contribution in [0.3, 0.4) is 0 Å². The van der Waals surface area contributed by atoms with Gasteiger partial charge in [-0.3, -0.25) is 9.59 Å². The Morgan fingerprint density at radius 3 is 2.52 bits per heavy atom. The molecule has 2 amide bonds. The van der Waals surface area contributed by atoms with E-state index < -0.39 is 6.04 Å². The number of carbonyl (C=O) groups is 2. The lowest BCUT2D eigenvalue weighted by atomic mass is 10.1. The Morgan fingerprint density at radius 1 is 1.29 bits per heavy atom. The highest BCUT2D eigenvalue weighted by Gasteiger charge is 2.27. The smallest absolute Gasteiger partial charge is 0.242 e. The molecule has 0 unspecified atom stereocenters. The van der Waals surface area contributed by atoms with E-state index in [1.165, 1.54) is 0 Å². The molecule has 1 aromatic rings. The summed E-state index contributed by atoms with van der Waals surface area (Å²) in [6.07, 6.45) is 1.87. The molecular weight excluding hydrogens is 264 g/mol. The maximum absolute atomic E-state index is 12.4. The number of rotatable bonds is 7. The first kappa shape index (κ1) is 17.2. The van der Waals surface area contributed by atoms with E-state index in [2.05, 4.69) is 11.4 Å². The number of hydrogen-bond acceptors (Lipinski definition) is 2. The minimum Gasteiger partial charge on any atom is -0.357 e. The number of nitrogens with one attached hydrogen (secondary N) is 1. The Kier molecular flexibility index (Phi) is 6.92. The number of hydrogen-bond donors (Lipinski definition) is 1. The van der Waals surface area contributed by atoms with Crippen molar-refractivity contribution < 1.29 is 9.59 Å². The molecule has 0 saturated heterocycles. The van der Waals surface area contributed by atoms with E-state index in [1.807, 2.05) is 39.0 Å². The van der Waals surface area contributed by atoms with Crippen molar-refractivity contribution in [1.82, 2.24) is 10.2 Å². The minimum atomic E-state index is -0.408. The summed E-state index contributed by atoms with van der Waals surface area (Å²) in [6.45, 7) is 6.41. The predicted molar refractivity (Wildman–Crippen MR) is 84.8 cm³/mol. The van der Waals surface area contributed by atoms with Crippen LogP contribution in [0, 0.1) is 6.92 Å². The molecule has 0 aliphatic heterocycles. The van der Waals surface area contributed by atoms with Crippen LogP contribution in [0.25, 0.3) is 0 Å². The second-order valence-corrected chi connectivity index (χ2v) is 5.30. The van der Waals surface area contributed by atoms with Gasteiger partial charge in [-0.1, -0.05) is 43.7 Å². The highest BCUT2D eigenvalue weighted by Crippen LogP contribution is 2.15. The van der Waals surface area contributed by atoms with Crippen LogP contribution in [-0.4, -0.2) is 29.8 Å². The average Bonchev–Trinajstić information content (AvgIpc) is 2.47. The molecule has 0 saturated carbocycles. The van der Waals surface area contributed by atoms with Gasteiger partial charge in [0.2, 0.25) is 11.8 Å². The first-order chi connectivity index (χ1) is 10.0. The Labute approximate surface area is 127 Å². The van der Waals surface area contributed by atoms with Gasteiger partial charge in [-0.25, -0.2) is 0 Å². The SMILES string of the molecule is CCCC(=O)N(Cc1cccc(C)c1)[C@H](CC)C(=O)NC. The van der Waals surface area contributed by atoms with Crippen molar-refractivity contribution in [2.24, 2.45) is 0 Å². The summed E-state index contributed by atoms with van der Waals surface area (Å²) in [5.74, 6) is -0.0657. The van der Waals surface area contributed by atoms with Crippen LogP contribution >= 0.6 is 0 Å². The van der Waals surface area contributed by atoms with E-state index >= 15 is 0 Å². The van der Waals surface area contributed by atoms with E-state index in [9.17, 15) is 9.59 Å². The molecule has 0 radical (unpaired) electrons. The van der Waals surface area contributed by atoms with Crippen molar-refractivity contribution in [1.29, 1.82) is 0 Å². The van der Waals surface area contributed by atoms with Crippen LogP contribution in [-0.2, 0) is 16.1 Å². The zero-order valence-corrected chi connectivity index (χ0v) is 13.5. The van der Waals surface area contributed by atoms with Crippen molar-refractivity contribution in [3.63, 3.8) is 0 Å². The average molecular weight is 290 g/mol. The predicted octanol–water partition coefficient (Wildman–Crippen LogP) is 2.65. The third-order valence-corrected chi connectivity index (χ3v) is 3.53. The van der Waals surface area contributed by atoms with E-state index in [1.54, 1.807) is 11.9 Å². The standard InChI is InChI=1S/C17H26N2O2/c1-5-8-16(20)19(15(6-2)17(21)18-4)12-14-10-7-9-13(3)11-14/h7,9-11,15H,5-6,8,12H2,1-4H3,(H,18,21)/t15-/m1/s1. The van der Waals surface area contributed by atoms with Crippen LogP contribution in [0.5, 0.6) is 0 Å². The second kappa shape index (κ2) is 8.45. The summed E-state index contributed by atoms with van der Waals surface area (Å²) in [4.78, 5) is 26.1. The molecule has 0 aliphatic rings. The molecule has 4 nitrogen and oxygen atoms in total. The Morgan fingerprint density at radius 2 is 2.00 bits per heavy atom. The number of nitrogens with zero attached hydrogens (tertiary/aromatic N) is 1. The molecule has 0 aliphatic carbocycles. The zero-order valence-electron chi connectivity index (χ0n) is 13.5. The fourth-order valence-corrected chi connectivity index (χ4v) is 2.45. The van der Waals surface area contributed by atoms with Crippen LogP contribution in [0.1, 0.15) is 44.2 Å². The van der Waals surface area contributed by atoms with Gasteiger partial charge < -0.3 is 10.2 Å². The molecule has 21 heavy (non-hydrogen) atoms. The largest absolute Gasteiger partial charge is 0.357 e. The highest BCUT2D eigenvalue weighted by molar-refractivity contribution is 5.87. The molecule has 0 spiro atoms. The summed E-state index contributed by atoms with van der Waals surface area (Å²) in [7, 11) is 1.61. The van der Waals surface area contributed by atoms with E-state index in [0.29, 0.717) is 19.4 Å². The van der Waals surface area contributed by atoms with E-state index in [4.69, 9.17) is 0 Å². The van der Waals surface area contributed by atoms with Gasteiger partial charge in [-0.05, 0) is 25.3 Å². The molecule has 1 atom stereocenters. The van der Waals surface area contributed by atoms with Crippen LogP contribution in [0.2, 0.25) is 0 Å². The quantitative estimate of drug-likeness (QED) is 0.839. The normalized spacial score (nSPS) is 11.8. The number of benzene rings is 1. The number of aryl methyl sites for hydroxylation is 1. The van der Waals surface area contributed by atoms with Crippen molar-refractivity contribution in [3.8, 4) is 0 Å². The van der Waals surface area contributed by atoms with Crippen molar-refractivity contribution >= 4 is 11.8 Å². The lowest BCUT2D eigenvalue weighted by molar-refractivity contribution is -0.141. The molecule has 0 bridgehead atoms. The third kappa shape index (κ3) is 4.88. The molecule has 0 aromatic heterocycles. The monoisotopic (exact) mass is 290 g/mol. The summed E-state index contributed by atoms with van der Waals surface area (Å²) in [6, 6.07) is 7.65. The van der Waals surface area contributed by atoms with E-state index in [-0.39, 0.29) is 11.8 Å². The molecular formula is C17H26N2O2. The number of likely N-dealkylation sites (N-methyl/N-ethyl adjacent to an activating group) is 1. The molecule has 116 valence electrons. The number of carbonyl (C=O) groups excluding carboxylic acids is 2. The van der Waals surface area contributed by atoms with Crippen LogP contribution in [0.4, 0.5) is 0 Å². The summed E-state index contributed by atoms with van der Waals surface area (Å²) in [5, 5.41) is 2.66. The lowest BCUT2D eigenvalue weighted by Crippen LogP contribution is -2.48. The molecule has 0 heterocycles. The van der Waals surface area contributed by atoms with Crippen molar-refractivity contribution in [2.45, 2.75) is 52.6 Å². The van der Waals surface area contributed by atoms with Gasteiger partial charge in [-0.2, -0.15) is 0 Å². The summed E-state index contributed by atoms with van der Waals surface area (Å²) < 4.78 is 0. The molecule has 4 heteroatoms. The minimum absolute atomic E-state index is 0.0365.